The highest BCUT2D eigenvalue weighted by molar-refractivity contribution is 5.86. The van der Waals surface area contributed by atoms with Gasteiger partial charge in [-0.15, -0.1) is 0 Å². The fraction of sp³-hybridized carbons (Fsp3) is 0.769. The van der Waals surface area contributed by atoms with Crippen LogP contribution in [0.15, 0.2) is 0 Å². The Morgan fingerprint density at radius 1 is 1.33 bits per heavy atom. The Morgan fingerprint density at radius 3 is 2.52 bits per heavy atom. The van der Waals surface area contributed by atoms with Crippen molar-refractivity contribution < 1.29 is 29.3 Å². The van der Waals surface area contributed by atoms with E-state index >= 15 is 0 Å². The molecule has 1 saturated heterocycles. The maximum atomic E-state index is 12.4. The van der Waals surface area contributed by atoms with Gasteiger partial charge in [0.1, 0.15) is 12.6 Å². The smallest absolute Gasteiger partial charge is 0.326 e. The first kappa shape index (κ1) is 17.2. The van der Waals surface area contributed by atoms with Crippen molar-refractivity contribution in [3.63, 3.8) is 0 Å². The van der Waals surface area contributed by atoms with Crippen LogP contribution >= 0.6 is 0 Å². The predicted molar refractivity (Wildman–Crippen MR) is 72.6 cm³/mol. The molecule has 21 heavy (non-hydrogen) atoms. The average Bonchev–Trinajstić information content (AvgIpc) is 2.80. The number of β-amino-alcohol motifs (C(OH)–C–C–N with tert-alkyl or cyclic N) is 1. The highest BCUT2D eigenvalue weighted by atomic mass is 16.5. The van der Waals surface area contributed by atoms with Crippen LogP contribution in [0.3, 0.4) is 0 Å². The van der Waals surface area contributed by atoms with Crippen LogP contribution in [0.1, 0.15) is 26.7 Å². The molecule has 1 aliphatic heterocycles. The molecule has 2 amide bonds. The molecule has 0 aromatic carbocycles. The van der Waals surface area contributed by atoms with Gasteiger partial charge in [0.2, 0.25) is 0 Å². The van der Waals surface area contributed by atoms with E-state index in [0.717, 1.165) is 4.90 Å². The summed E-state index contributed by atoms with van der Waals surface area (Å²) in [6.45, 7) is 3.78. The van der Waals surface area contributed by atoms with E-state index in [9.17, 15) is 19.5 Å². The topological polar surface area (TPSA) is 107 Å². The molecule has 0 spiro atoms. The molecule has 0 aromatic heterocycles. The normalized spacial score (nSPS) is 21.2. The number of carboxylic acids is 1. The van der Waals surface area contributed by atoms with Gasteiger partial charge < -0.3 is 24.7 Å². The van der Waals surface area contributed by atoms with Crippen LogP contribution in [-0.4, -0.2) is 76.4 Å². The number of hydrogen-bond acceptors (Lipinski definition) is 5. The van der Waals surface area contributed by atoms with E-state index in [1.807, 2.05) is 6.92 Å². The number of aliphatic carboxylic acids is 1. The minimum Gasteiger partial charge on any atom is -0.480 e. The second kappa shape index (κ2) is 7.82. The molecular formula is C13H22N2O6. The molecule has 2 atom stereocenters. The predicted octanol–water partition coefficient (Wildman–Crippen LogP) is -0.0987. The Balaban J connectivity index is 2.79. The number of amides is 2. The van der Waals surface area contributed by atoms with E-state index in [2.05, 4.69) is 0 Å². The first-order valence-corrected chi connectivity index (χ1v) is 7.02. The van der Waals surface area contributed by atoms with Gasteiger partial charge in [-0.2, -0.15) is 0 Å². The van der Waals surface area contributed by atoms with Crippen molar-refractivity contribution in [1.82, 2.24) is 9.80 Å². The van der Waals surface area contributed by atoms with Crippen molar-refractivity contribution in [2.45, 2.75) is 38.8 Å². The minimum atomic E-state index is -1.16. The van der Waals surface area contributed by atoms with E-state index in [1.54, 1.807) is 6.92 Å². The molecule has 0 saturated carbocycles. The molecule has 8 nitrogen and oxygen atoms in total. The summed E-state index contributed by atoms with van der Waals surface area (Å²) in [6, 6.07) is -1.62. The van der Waals surface area contributed by atoms with Gasteiger partial charge in [0.25, 0.3) is 0 Å². The summed E-state index contributed by atoms with van der Waals surface area (Å²) in [6.07, 6.45) is -0.235. The van der Waals surface area contributed by atoms with Crippen LogP contribution < -0.4 is 0 Å². The Morgan fingerprint density at radius 2 is 2.00 bits per heavy atom. The Hall–Kier alpha value is -1.83. The third kappa shape index (κ3) is 4.59. The van der Waals surface area contributed by atoms with Crippen molar-refractivity contribution in [3.8, 4) is 0 Å². The molecule has 2 N–H and O–H groups in total. The van der Waals surface area contributed by atoms with Crippen LogP contribution in [0.2, 0.25) is 0 Å². The maximum absolute atomic E-state index is 12.4. The fourth-order valence-corrected chi connectivity index (χ4v) is 2.32. The molecule has 0 radical (unpaired) electrons. The van der Waals surface area contributed by atoms with Crippen molar-refractivity contribution in [3.05, 3.63) is 0 Å². The molecule has 0 unspecified atom stereocenters. The molecule has 0 bridgehead atoms. The molecule has 1 rings (SSSR count). The lowest BCUT2D eigenvalue weighted by Crippen LogP contribution is -2.50. The number of ether oxygens (including phenoxy) is 1. The molecule has 1 heterocycles. The standard InChI is InChI=1S/C13H22N2O6/c1-3-5-14(8-11(17)21-4-2)13(20)15-7-9(16)6-10(15)12(18)19/h9-10,16H,3-8H2,1-2H3,(H,18,19)/t9-,10-/m0/s1. The third-order valence-corrected chi connectivity index (χ3v) is 3.20. The number of hydrogen-bond donors (Lipinski definition) is 2. The molecule has 1 aliphatic rings. The molecule has 0 aliphatic carbocycles. The zero-order valence-electron chi connectivity index (χ0n) is 12.3. The lowest BCUT2D eigenvalue weighted by molar-refractivity contribution is -0.143. The largest absolute Gasteiger partial charge is 0.480 e. The van der Waals surface area contributed by atoms with Crippen molar-refractivity contribution in [2.24, 2.45) is 0 Å². The number of carbonyl (C=O) groups is 3. The van der Waals surface area contributed by atoms with Crippen LogP contribution in [0.4, 0.5) is 4.79 Å². The van der Waals surface area contributed by atoms with Gasteiger partial charge >= 0.3 is 18.0 Å². The number of likely N-dealkylation sites (tertiary alicyclic amines) is 1. The van der Waals surface area contributed by atoms with Gasteiger partial charge in [0, 0.05) is 19.5 Å². The summed E-state index contributed by atoms with van der Waals surface area (Å²) in [5.41, 5.74) is 0. The molecular weight excluding hydrogens is 280 g/mol. The van der Waals surface area contributed by atoms with E-state index in [4.69, 9.17) is 9.84 Å². The number of carbonyl (C=O) groups excluding carboxylic acids is 2. The molecule has 120 valence electrons. The van der Waals surface area contributed by atoms with E-state index in [-0.39, 0.29) is 26.1 Å². The number of carboxylic acid groups (broad SMARTS) is 1. The van der Waals surface area contributed by atoms with Gasteiger partial charge in [-0.1, -0.05) is 6.92 Å². The Labute approximate surface area is 123 Å². The van der Waals surface area contributed by atoms with Crippen LogP contribution in [0.5, 0.6) is 0 Å². The molecule has 1 fully saturated rings. The van der Waals surface area contributed by atoms with Crippen LogP contribution in [-0.2, 0) is 14.3 Å². The Bertz CT molecular complexity index is 400. The minimum absolute atomic E-state index is 0.000441. The van der Waals surface area contributed by atoms with E-state index in [1.165, 1.54) is 4.90 Å². The second-order valence-electron chi connectivity index (χ2n) is 4.91. The molecule has 8 heteroatoms. The summed E-state index contributed by atoms with van der Waals surface area (Å²) >= 11 is 0. The average molecular weight is 302 g/mol. The highest BCUT2D eigenvalue weighted by Gasteiger charge is 2.40. The van der Waals surface area contributed by atoms with E-state index in [0.29, 0.717) is 13.0 Å². The second-order valence-corrected chi connectivity index (χ2v) is 4.91. The van der Waals surface area contributed by atoms with E-state index < -0.39 is 30.1 Å². The molecule has 0 aromatic rings. The van der Waals surface area contributed by atoms with Crippen molar-refractivity contribution in [1.29, 1.82) is 0 Å². The summed E-state index contributed by atoms with van der Waals surface area (Å²) < 4.78 is 4.81. The highest BCUT2D eigenvalue weighted by Crippen LogP contribution is 2.20. The quantitative estimate of drug-likeness (QED) is 0.664. The van der Waals surface area contributed by atoms with Crippen molar-refractivity contribution in [2.75, 3.05) is 26.2 Å². The first-order valence-electron chi connectivity index (χ1n) is 7.02. The lowest BCUT2D eigenvalue weighted by atomic mass is 10.2. The van der Waals surface area contributed by atoms with Crippen LogP contribution in [0, 0.1) is 0 Å². The van der Waals surface area contributed by atoms with Gasteiger partial charge in [0.15, 0.2) is 0 Å². The fourth-order valence-electron chi connectivity index (χ4n) is 2.32. The summed E-state index contributed by atoms with van der Waals surface area (Å²) in [5.74, 6) is -1.70. The SMILES string of the molecule is CCCN(CC(=O)OCC)C(=O)N1C[C@@H](O)C[C@H]1C(=O)O. The lowest BCUT2D eigenvalue weighted by Gasteiger charge is -2.29. The number of esters is 1. The van der Waals surface area contributed by atoms with Crippen LogP contribution in [0.25, 0.3) is 0 Å². The number of aliphatic hydroxyl groups is 1. The maximum Gasteiger partial charge on any atom is 0.326 e. The number of nitrogens with zero attached hydrogens (tertiary/aromatic N) is 2. The zero-order valence-corrected chi connectivity index (χ0v) is 12.3. The number of urea groups is 1. The summed E-state index contributed by atoms with van der Waals surface area (Å²) in [5, 5.41) is 18.7. The first-order chi connectivity index (χ1) is 9.90. The third-order valence-electron chi connectivity index (χ3n) is 3.20. The van der Waals surface area contributed by atoms with Gasteiger partial charge in [-0.05, 0) is 13.3 Å². The van der Waals surface area contributed by atoms with Crippen molar-refractivity contribution >= 4 is 18.0 Å². The van der Waals surface area contributed by atoms with Gasteiger partial charge in [-0.3, -0.25) is 4.79 Å². The van der Waals surface area contributed by atoms with Gasteiger partial charge in [0.05, 0.1) is 12.7 Å². The van der Waals surface area contributed by atoms with Gasteiger partial charge in [-0.25, -0.2) is 9.59 Å². The number of rotatable bonds is 6. The number of aliphatic hydroxyl groups excluding tert-OH is 1. The monoisotopic (exact) mass is 302 g/mol. The zero-order chi connectivity index (χ0) is 16.0. The Kier molecular flexibility index (Phi) is 6.41. The summed E-state index contributed by atoms with van der Waals surface area (Å²) in [7, 11) is 0. The summed E-state index contributed by atoms with van der Waals surface area (Å²) in [4.78, 5) is 37.4.